The Morgan fingerprint density at radius 3 is 1.73 bits per heavy atom. The number of nitrogen functional groups attached to an aromatic ring is 1. The van der Waals surface area contributed by atoms with Crippen LogP contribution in [0.4, 0.5) is 5.82 Å². The van der Waals surface area contributed by atoms with E-state index < -0.39 is 46.4 Å². The number of anilines is 1. The van der Waals surface area contributed by atoms with Gasteiger partial charge in [0.15, 0.2) is 12.2 Å². The van der Waals surface area contributed by atoms with Crippen molar-refractivity contribution in [3.63, 3.8) is 0 Å². The second kappa shape index (κ2) is 12.5. The van der Waals surface area contributed by atoms with Crippen LogP contribution >= 0.6 is 11.8 Å². The monoisotopic (exact) mass is 571 g/mol. The molecule has 1 aromatic heterocycles. The molecular weight excluding hydrogens is 546 g/mol. The number of hydrogen-bond donors (Lipinski definition) is 1. The smallest absolute Gasteiger partial charge is 0.350 e. The van der Waals surface area contributed by atoms with Crippen LogP contribution in [0.25, 0.3) is 0 Å². The number of esters is 3. The highest BCUT2D eigenvalue weighted by Crippen LogP contribution is 2.45. The molecule has 4 aromatic rings. The lowest BCUT2D eigenvalue weighted by molar-refractivity contribution is -0.0412. The summed E-state index contributed by atoms with van der Waals surface area (Å²) in [5.74, 6) is -1.90. The first-order chi connectivity index (χ1) is 19.9. The first-order valence-electron chi connectivity index (χ1n) is 12.6. The lowest BCUT2D eigenvalue weighted by Crippen LogP contribution is -2.42. The molecule has 5 rings (SSSR count). The third kappa shape index (κ3) is 6.47. The van der Waals surface area contributed by atoms with Crippen molar-refractivity contribution in [1.29, 1.82) is 0 Å². The number of carbonyl (C=O) groups excluding carboxylic acids is 3. The number of rotatable bonds is 8. The van der Waals surface area contributed by atoms with Gasteiger partial charge in [-0.1, -0.05) is 54.6 Å². The number of thioether (sulfide) groups is 1. The fraction of sp³-hybridized carbons (Fsp3) is 0.167. The van der Waals surface area contributed by atoms with Gasteiger partial charge in [-0.3, -0.25) is 4.57 Å². The summed E-state index contributed by atoms with van der Waals surface area (Å²) in [5, 5.41) is -1.59. The van der Waals surface area contributed by atoms with Crippen LogP contribution in [0.15, 0.2) is 108 Å². The second-order valence-corrected chi connectivity index (χ2v) is 10.4. The number of benzene rings is 3. The Kier molecular flexibility index (Phi) is 8.44. The van der Waals surface area contributed by atoms with Crippen molar-refractivity contribution in [3.05, 3.63) is 130 Å². The number of ether oxygens (including phenoxy) is 3. The molecule has 0 aliphatic carbocycles. The van der Waals surface area contributed by atoms with Gasteiger partial charge < -0.3 is 19.9 Å². The van der Waals surface area contributed by atoms with Gasteiger partial charge in [0.2, 0.25) is 0 Å². The molecule has 0 saturated carbocycles. The van der Waals surface area contributed by atoms with Gasteiger partial charge >= 0.3 is 23.6 Å². The van der Waals surface area contributed by atoms with E-state index in [-0.39, 0.29) is 23.6 Å². The fourth-order valence-electron chi connectivity index (χ4n) is 4.30. The van der Waals surface area contributed by atoms with Crippen LogP contribution in [-0.2, 0) is 14.2 Å². The van der Waals surface area contributed by atoms with Crippen LogP contribution in [0.1, 0.15) is 36.4 Å². The summed E-state index contributed by atoms with van der Waals surface area (Å²) in [7, 11) is 0. The number of carbonyl (C=O) groups is 3. The maximum Gasteiger partial charge on any atom is 0.350 e. The van der Waals surface area contributed by atoms with E-state index >= 15 is 0 Å². The number of aromatic nitrogens is 2. The van der Waals surface area contributed by atoms with Gasteiger partial charge in [0, 0.05) is 6.20 Å². The molecule has 208 valence electrons. The third-order valence-corrected chi connectivity index (χ3v) is 7.83. The zero-order valence-electron chi connectivity index (χ0n) is 21.6. The standard InChI is InChI=1S/C30H25N3O7S/c31-23-16-17-33(30(37)32-23)26-25(40-29(36)21-14-8-3-9-15-21)24(39-28(35)20-12-6-2-7-13-20)22(41-26)18-38-27(34)19-10-4-1-5-11-19/h1-17,22,24-26H,18H2,(H2,31,32,37)/t22?,24-,25-,26-/m1/s1. The Bertz CT molecular complexity index is 1580. The van der Waals surface area contributed by atoms with E-state index in [1.165, 1.54) is 16.8 Å². The van der Waals surface area contributed by atoms with Crippen LogP contribution in [-0.4, -0.2) is 51.5 Å². The molecule has 0 amide bonds. The van der Waals surface area contributed by atoms with Gasteiger partial charge in [-0.25, -0.2) is 19.2 Å². The number of hydrogen-bond acceptors (Lipinski definition) is 10. The van der Waals surface area contributed by atoms with Crippen LogP contribution in [0.5, 0.6) is 0 Å². The summed E-state index contributed by atoms with van der Waals surface area (Å²) in [6.45, 7) is -0.196. The maximum atomic E-state index is 13.2. The Labute approximate surface area is 239 Å². The zero-order chi connectivity index (χ0) is 28.8. The maximum absolute atomic E-state index is 13.2. The summed E-state index contributed by atoms with van der Waals surface area (Å²) in [4.78, 5) is 55.8. The van der Waals surface area contributed by atoms with Crippen LogP contribution in [0.3, 0.4) is 0 Å². The summed E-state index contributed by atoms with van der Waals surface area (Å²) in [6, 6.07) is 26.5. The largest absolute Gasteiger partial charge is 0.461 e. The van der Waals surface area contributed by atoms with Crippen LogP contribution in [0.2, 0.25) is 0 Å². The minimum absolute atomic E-state index is 0.0208. The highest BCUT2D eigenvalue weighted by Gasteiger charge is 2.51. The molecule has 0 radical (unpaired) electrons. The van der Waals surface area contributed by atoms with E-state index in [2.05, 4.69) is 4.98 Å². The second-order valence-electron chi connectivity index (χ2n) is 9.04. The lowest BCUT2D eigenvalue weighted by atomic mass is 10.1. The Morgan fingerprint density at radius 2 is 1.22 bits per heavy atom. The highest BCUT2D eigenvalue weighted by atomic mass is 32.2. The molecule has 41 heavy (non-hydrogen) atoms. The average molecular weight is 572 g/mol. The topological polar surface area (TPSA) is 140 Å². The van der Waals surface area contributed by atoms with E-state index in [1.807, 2.05) is 0 Å². The van der Waals surface area contributed by atoms with Crippen molar-refractivity contribution in [1.82, 2.24) is 9.55 Å². The van der Waals surface area contributed by atoms with Gasteiger partial charge in [-0.2, -0.15) is 4.98 Å². The Morgan fingerprint density at radius 1 is 0.732 bits per heavy atom. The SMILES string of the molecule is Nc1ccn([C@@H]2SC(COC(=O)c3ccccc3)[C@@H](OC(=O)c3ccccc3)[C@H]2OC(=O)c2ccccc2)c(=O)n1. The average Bonchev–Trinajstić information content (AvgIpc) is 3.33. The predicted octanol–water partition coefficient (Wildman–Crippen LogP) is 3.75. The molecule has 3 aromatic carbocycles. The summed E-state index contributed by atoms with van der Waals surface area (Å²) in [6.07, 6.45) is -0.817. The molecule has 1 aliphatic heterocycles. The molecule has 1 saturated heterocycles. The van der Waals surface area contributed by atoms with Gasteiger partial charge in [-0.05, 0) is 42.5 Å². The van der Waals surface area contributed by atoms with Crippen molar-refractivity contribution in [2.45, 2.75) is 22.8 Å². The van der Waals surface area contributed by atoms with Crippen LogP contribution < -0.4 is 11.4 Å². The van der Waals surface area contributed by atoms with Gasteiger partial charge in [0.25, 0.3) is 0 Å². The van der Waals surface area contributed by atoms with E-state index in [0.29, 0.717) is 5.56 Å². The quantitative estimate of drug-likeness (QED) is 0.246. The molecule has 2 N–H and O–H groups in total. The summed E-state index contributed by atoms with van der Waals surface area (Å²) < 4.78 is 18.7. The lowest BCUT2D eigenvalue weighted by Gasteiger charge is -2.26. The molecule has 11 heteroatoms. The fourth-order valence-corrected chi connectivity index (χ4v) is 5.83. The third-order valence-electron chi connectivity index (χ3n) is 6.30. The van der Waals surface area contributed by atoms with Crippen molar-refractivity contribution in [3.8, 4) is 0 Å². The van der Waals surface area contributed by atoms with E-state index in [9.17, 15) is 19.2 Å². The zero-order valence-corrected chi connectivity index (χ0v) is 22.4. The van der Waals surface area contributed by atoms with E-state index in [4.69, 9.17) is 19.9 Å². The molecule has 1 aliphatic rings. The Hall–Kier alpha value is -4.90. The Balaban J connectivity index is 1.49. The number of nitrogens with zero attached hydrogens (tertiary/aromatic N) is 2. The van der Waals surface area contributed by atoms with Crippen molar-refractivity contribution >= 4 is 35.5 Å². The van der Waals surface area contributed by atoms with Gasteiger partial charge in [-0.15, -0.1) is 11.8 Å². The van der Waals surface area contributed by atoms with Crippen molar-refractivity contribution in [2.75, 3.05) is 12.3 Å². The predicted molar refractivity (Wildman–Crippen MR) is 151 cm³/mol. The normalized spacial score (nSPS) is 19.7. The van der Waals surface area contributed by atoms with Gasteiger partial charge in [0.1, 0.15) is 17.8 Å². The van der Waals surface area contributed by atoms with Gasteiger partial charge in [0.05, 0.1) is 21.9 Å². The first-order valence-corrected chi connectivity index (χ1v) is 13.6. The molecule has 1 unspecified atom stereocenters. The summed E-state index contributed by atoms with van der Waals surface area (Å²) >= 11 is 1.16. The van der Waals surface area contributed by atoms with Crippen molar-refractivity contribution < 1.29 is 28.6 Å². The number of nitrogens with two attached hydrogens (primary N) is 1. The molecule has 0 spiro atoms. The molecule has 10 nitrogen and oxygen atoms in total. The molecule has 2 heterocycles. The van der Waals surface area contributed by atoms with E-state index in [0.717, 1.165) is 11.8 Å². The van der Waals surface area contributed by atoms with Crippen molar-refractivity contribution in [2.24, 2.45) is 0 Å². The molecule has 4 atom stereocenters. The van der Waals surface area contributed by atoms with E-state index in [1.54, 1.807) is 91.0 Å². The molecule has 1 fully saturated rings. The minimum Gasteiger partial charge on any atom is -0.461 e. The summed E-state index contributed by atoms with van der Waals surface area (Å²) in [5.41, 5.74) is 5.90. The first kappa shape index (κ1) is 27.7. The molecular formula is C30H25N3O7S. The minimum atomic E-state index is -1.15. The highest BCUT2D eigenvalue weighted by molar-refractivity contribution is 8.00. The molecule has 0 bridgehead atoms. The van der Waals surface area contributed by atoms with Crippen LogP contribution in [0, 0.1) is 0 Å².